The lowest BCUT2D eigenvalue weighted by atomic mass is 9.97. The second kappa shape index (κ2) is 5.54. The van der Waals surface area contributed by atoms with Gasteiger partial charge in [0.25, 0.3) is 0 Å². The predicted molar refractivity (Wildman–Crippen MR) is 80.5 cm³/mol. The molecule has 0 saturated carbocycles. The van der Waals surface area contributed by atoms with Crippen LogP contribution in [0.5, 0.6) is 0 Å². The molecule has 110 valence electrons. The summed E-state index contributed by atoms with van der Waals surface area (Å²) in [6.45, 7) is 4.76. The van der Waals surface area contributed by atoms with Gasteiger partial charge in [0.1, 0.15) is 11.3 Å². The smallest absolute Gasteiger partial charge is 0.177 e. The molecule has 2 aromatic rings. The number of imidazole rings is 1. The Labute approximate surface area is 119 Å². The Morgan fingerprint density at radius 3 is 2.60 bits per heavy atom. The number of nitrogens with zero attached hydrogens (tertiary/aromatic N) is 1. The van der Waals surface area contributed by atoms with Crippen LogP contribution in [0.1, 0.15) is 32.0 Å². The first-order valence-electron chi connectivity index (χ1n) is 6.71. The summed E-state index contributed by atoms with van der Waals surface area (Å²) >= 11 is 0. The molecule has 5 nitrogen and oxygen atoms in total. The van der Waals surface area contributed by atoms with Gasteiger partial charge < -0.3 is 10.7 Å². The normalized spacial score (nSPS) is 14.1. The van der Waals surface area contributed by atoms with E-state index < -0.39 is 9.84 Å². The summed E-state index contributed by atoms with van der Waals surface area (Å²) in [6.07, 6.45) is 2.12. The zero-order valence-electron chi connectivity index (χ0n) is 12.1. The van der Waals surface area contributed by atoms with Crippen molar-refractivity contribution in [2.75, 3.05) is 12.8 Å². The molecule has 20 heavy (non-hydrogen) atoms. The van der Waals surface area contributed by atoms with Gasteiger partial charge in [-0.2, -0.15) is 0 Å². The summed E-state index contributed by atoms with van der Waals surface area (Å²) in [6, 6.07) is 5.15. The van der Waals surface area contributed by atoms with E-state index >= 15 is 0 Å². The zero-order chi connectivity index (χ0) is 14.9. The molecule has 2 rings (SSSR count). The number of nitrogens with two attached hydrogens (primary N) is 1. The van der Waals surface area contributed by atoms with Crippen molar-refractivity contribution < 1.29 is 8.42 Å². The lowest BCUT2D eigenvalue weighted by molar-refractivity contribution is 0.491. The van der Waals surface area contributed by atoms with Crippen molar-refractivity contribution in [3.63, 3.8) is 0 Å². The average molecular weight is 295 g/mol. The molecule has 0 aliphatic rings. The molecule has 3 N–H and O–H groups in total. The van der Waals surface area contributed by atoms with Crippen LogP contribution in [0.25, 0.3) is 11.0 Å². The summed E-state index contributed by atoms with van der Waals surface area (Å²) in [7, 11) is -3.29. The van der Waals surface area contributed by atoms with Gasteiger partial charge in [0.15, 0.2) is 9.84 Å². The largest absolute Gasteiger partial charge is 0.342 e. The summed E-state index contributed by atoms with van der Waals surface area (Å²) in [5.74, 6) is 1.40. The van der Waals surface area contributed by atoms with E-state index in [4.69, 9.17) is 5.73 Å². The number of para-hydroxylation sites is 1. The van der Waals surface area contributed by atoms with Gasteiger partial charge in [0, 0.05) is 18.7 Å². The molecule has 0 aliphatic carbocycles. The highest BCUT2D eigenvalue weighted by Crippen LogP contribution is 2.26. The van der Waals surface area contributed by atoms with Crippen molar-refractivity contribution in [3.8, 4) is 0 Å². The van der Waals surface area contributed by atoms with Crippen LogP contribution in [0.3, 0.4) is 0 Å². The third-order valence-electron chi connectivity index (χ3n) is 3.32. The lowest BCUT2D eigenvalue weighted by Crippen LogP contribution is -2.16. The number of benzene rings is 1. The van der Waals surface area contributed by atoms with Gasteiger partial charge in [0.05, 0.1) is 10.4 Å². The van der Waals surface area contributed by atoms with Crippen molar-refractivity contribution in [2.24, 2.45) is 11.7 Å². The van der Waals surface area contributed by atoms with Gasteiger partial charge in [-0.15, -0.1) is 0 Å². The molecule has 0 saturated heterocycles. The van der Waals surface area contributed by atoms with Crippen LogP contribution in [0.4, 0.5) is 0 Å². The van der Waals surface area contributed by atoms with Crippen LogP contribution in [-0.4, -0.2) is 31.2 Å². The Balaban J connectivity index is 2.53. The van der Waals surface area contributed by atoms with Gasteiger partial charge >= 0.3 is 0 Å². The molecule has 0 fully saturated rings. The molecule has 1 atom stereocenters. The Kier molecular flexibility index (Phi) is 4.15. The molecule has 0 radical (unpaired) electrons. The molecule has 6 heteroatoms. The van der Waals surface area contributed by atoms with E-state index in [1.807, 2.05) is 6.07 Å². The number of H-pyrrole nitrogens is 1. The quantitative estimate of drug-likeness (QED) is 0.883. The molecule has 1 heterocycles. The highest BCUT2D eigenvalue weighted by atomic mass is 32.2. The van der Waals surface area contributed by atoms with Crippen LogP contribution in [0.2, 0.25) is 0 Å². The Morgan fingerprint density at radius 2 is 2.05 bits per heavy atom. The van der Waals surface area contributed by atoms with E-state index in [-0.39, 0.29) is 10.8 Å². The second-order valence-corrected chi connectivity index (χ2v) is 7.59. The van der Waals surface area contributed by atoms with Crippen molar-refractivity contribution in [2.45, 2.75) is 31.1 Å². The van der Waals surface area contributed by atoms with E-state index in [0.29, 0.717) is 18.0 Å². The van der Waals surface area contributed by atoms with Crippen molar-refractivity contribution >= 4 is 20.9 Å². The minimum atomic E-state index is -3.29. The number of fused-ring (bicyclic) bond motifs is 1. The number of hydrogen-bond acceptors (Lipinski definition) is 4. The van der Waals surface area contributed by atoms with Crippen LogP contribution in [0, 0.1) is 5.92 Å². The standard InChI is InChI=1S/C14H21N3O2S/c1-9(2)7-10(8-15)14-16-11-5-4-6-12(13(11)17-14)20(3,18)19/h4-6,9-10H,7-8,15H2,1-3H3,(H,16,17). The molecule has 0 bridgehead atoms. The molecule has 1 aromatic carbocycles. The first-order chi connectivity index (χ1) is 9.32. The maximum atomic E-state index is 11.8. The highest BCUT2D eigenvalue weighted by molar-refractivity contribution is 7.91. The van der Waals surface area contributed by atoms with E-state index in [2.05, 4.69) is 23.8 Å². The monoisotopic (exact) mass is 295 g/mol. The molecular weight excluding hydrogens is 274 g/mol. The number of sulfone groups is 1. The Morgan fingerprint density at radius 1 is 1.35 bits per heavy atom. The van der Waals surface area contributed by atoms with Crippen LogP contribution in [0.15, 0.2) is 23.1 Å². The number of aromatic nitrogens is 2. The van der Waals surface area contributed by atoms with Gasteiger partial charge in [-0.25, -0.2) is 13.4 Å². The van der Waals surface area contributed by atoms with E-state index in [9.17, 15) is 8.42 Å². The molecular formula is C14H21N3O2S. The second-order valence-electron chi connectivity index (χ2n) is 5.61. The Bertz CT molecular complexity index is 704. The first kappa shape index (κ1) is 15.0. The van der Waals surface area contributed by atoms with Crippen molar-refractivity contribution in [1.82, 2.24) is 9.97 Å². The summed E-state index contributed by atoms with van der Waals surface area (Å²) in [5.41, 5.74) is 7.07. The van der Waals surface area contributed by atoms with Gasteiger partial charge in [-0.3, -0.25) is 0 Å². The number of rotatable bonds is 5. The fourth-order valence-electron chi connectivity index (χ4n) is 2.41. The lowest BCUT2D eigenvalue weighted by Gasteiger charge is -2.14. The number of hydrogen-bond donors (Lipinski definition) is 2. The fraction of sp³-hybridized carbons (Fsp3) is 0.500. The fourth-order valence-corrected chi connectivity index (χ4v) is 3.24. The zero-order valence-corrected chi connectivity index (χ0v) is 12.9. The minimum absolute atomic E-state index is 0.120. The van der Waals surface area contributed by atoms with E-state index in [1.165, 1.54) is 6.26 Å². The molecule has 1 aromatic heterocycles. The SMILES string of the molecule is CC(C)CC(CN)c1nc2c(S(C)(=O)=O)cccc2[nH]1. The summed E-state index contributed by atoms with van der Waals surface area (Å²) in [4.78, 5) is 7.96. The molecule has 0 spiro atoms. The summed E-state index contributed by atoms with van der Waals surface area (Å²) in [5, 5.41) is 0. The molecule has 0 aliphatic heterocycles. The van der Waals surface area contributed by atoms with E-state index in [0.717, 1.165) is 17.8 Å². The van der Waals surface area contributed by atoms with Crippen LogP contribution >= 0.6 is 0 Å². The highest BCUT2D eigenvalue weighted by Gasteiger charge is 2.19. The topological polar surface area (TPSA) is 88.8 Å². The van der Waals surface area contributed by atoms with Crippen molar-refractivity contribution in [1.29, 1.82) is 0 Å². The molecule has 0 amide bonds. The third-order valence-corrected chi connectivity index (χ3v) is 4.45. The maximum absolute atomic E-state index is 11.8. The maximum Gasteiger partial charge on any atom is 0.177 e. The first-order valence-corrected chi connectivity index (χ1v) is 8.60. The van der Waals surface area contributed by atoms with Crippen LogP contribution in [-0.2, 0) is 9.84 Å². The van der Waals surface area contributed by atoms with E-state index in [1.54, 1.807) is 12.1 Å². The predicted octanol–water partition coefficient (Wildman–Crippen LogP) is 2.05. The molecule has 1 unspecified atom stereocenters. The number of nitrogens with one attached hydrogen (secondary N) is 1. The van der Waals surface area contributed by atoms with Gasteiger partial charge in [-0.05, 0) is 24.5 Å². The van der Waals surface area contributed by atoms with Gasteiger partial charge in [-0.1, -0.05) is 19.9 Å². The van der Waals surface area contributed by atoms with Gasteiger partial charge in [0.2, 0.25) is 0 Å². The number of aromatic amines is 1. The minimum Gasteiger partial charge on any atom is -0.342 e. The average Bonchev–Trinajstić information content (AvgIpc) is 2.77. The summed E-state index contributed by atoms with van der Waals surface area (Å²) < 4.78 is 23.6. The van der Waals surface area contributed by atoms with Crippen molar-refractivity contribution in [3.05, 3.63) is 24.0 Å². The Hall–Kier alpha value is -1.40. The van der Waals surface area contributed by atoms with Crippen LogP contribution < -0.4 is 5.73 Å². The third kappa shape index (κ3) is 3.02.